The number of hydrogen-bond donors (Lipinski definition) is 0. The lowest BCUT2D eigenvalue weighted by atomic mass is 9.66. The predicted molar refractivity (Wildman–Crippen MR) is 107 cm³/mol. The molecule has 2 rings (SSSR count). The molecule has 1 heterocycles. The quantitative estimate of drug-likeness (QED) is 0.467. The summed E-state index contributed by atoms with van der Waals surface area (Å²) >= 11 is 3.47. The van der Waals surface area contributed by atoms with Crippen molar-refractivity contribution < 1.29 is 28.3 Å². The molecule has 0 spiro atoms. The van der Waals surface area contributed by atoms with Crippen LogP contribution in [0.4, 0.5) is 0 Å². The molecule has 0 aromatic heterocycles. The van der Waals surface area contributed by atoms with E-state index in [1.165, 1.54) is 0 Å². The fraction of sp³-hybridized carbons (Fsp3) is 0.632. The number of ether oxygens (including phenoxy) is 3. The van der Waals surface area contributed by atoms with Crippen LogP contribution in [0.25, 0.3) is 0 Å². The molecule has 0 N–H and O–H groups in total. The van der Waals surface area contributed by atoms with Gasteiger partial charge in [-0.2, -0.15) is 0 Å². The van der Waals surface area contributed by atoms with Gasteiger partial charge in [-0.05, 0) is 68.2 Å². The van der Waals surface area contributed by atoms with Crippen molar-refractivity contribution in [3.63, 3.8) is 0 Å². The first kappa shape index (κ1) is 22.0. The molecule has 0 saturated carbocycles. The first-order chi connectivity index (χ1) is 12.6. The molecule has 1 atom stereocenters. The van der Waals surface area contributed by atoms with E-state index in [1.54, 1.807) is 21.1 Å². The van der Waals surface area contributed by atoms with E-state index in [0.717, 1.165) is 10.0 Å². The van der Waals surface area contributed by atoms with Gasteiger partial charge in [-0.3, -0.25) is 4.79 Å². The summed E-state index contributed by atoms with van der Waals surface area (Å²) < 4.78 is 29.4. The molecular formula is C19H28BBrO6. The van der Waals surface area contributed by atoms with Crippen molar-refractivity contribution >= 4 is 29.0 Å². The second-order valence-electron chi connectivity index (χ2n) is 7.47. The third-order valence-corrected chi connectivity index (χ3v) is 5.82. The Morgan fingerprint density at radius 1 is 1.11 bits per heavy atom. The summed E-state index contributed by atoms with van der Waals surface area (Å²) in [5, 5.41) is 0. The van der Waals surface area contributed by atoms with Crippen LogP contribution >= 0.6 is 15.9 Å². The SMILES string of the molecule is CCOC(=O)CC(B1OC(C)(C)C(C)(C)O1)c1cc(OC)c(Br)cc1OC. The summed E-state index contributed by atoms with van der Waals surface area (Å²) in [5.74, 6) is 0.520. The molecule has 0 amide bonds. The second-order valence-corrected chi connectivity index (χ2v) is 8.32. The third-order valence-electron chi connectivity index (χ3n) is 5.20. The maximum Gasteiger partial charge on any atom is 0.466 e. The Morgan fingerprint density at radius 2 is 1.67 bits per heavy atom. The Morgan fingerprint density at radius 3 is 2.15 bits per heavy atom. The second kappa shape index (κ2) is 8.41. The number of carbonyl (C=O) groups is 1. The molecule has 8 heteroatoms. The zero-order valence-electron chi connectivity index (χ0n) is 17.1. The van der Waals surface area contributed by atoms with Gasteiger partial charge in [0.1, 0.15) is 11.5 Å². The van der Waals surface area contributed by atoms with E-state index in [0.29, 0.717) is 18.1 Å². The molecule has 1 fully saturated rings. The van der Waals surface area contributed by atoms with Crippen LogP contribution < -0.4 is 9.47 Å². The zero-order chi connectivity index (χ0) is 20.4. The van der Waals surface area contributed by atoms with Crippen LogP contribution in [0.15, 0.2) is 16.6 Å². The first-order valence-corrected chi connectivity index (χ1v) is 9.78. The molecule has 1 aliphatic heterocycles. The predicted octanol–water partition coefficient (Wildman–Crippen LogP) is 4.13. The zero-order valence-corrected chi connectivity index (χ0v) is 18.6. The Labute approximate surface area is 170 Å². The molecule has 1 aromatic rings. The Kier molecular flexibility index (Phi) is 6.87. The average Bonchev–Trinajstić information content (AvgIpc) is 2.80. The van der Waals surface area contributed by atoms with Crippen LogP contribution in [-0.4, -0.2) is 45.1 Å². The summed E-state index contributed by atoms with van der Waals surface area (Å²) in [5.41, 5.74) is -0.266. The molecule has 1 unspecified atom stereocenters. The molecule has 6 nitrogen and oxygen atoms in total. The molecule has 1 aromatic carbocycles. The van der Waals surface area contributed by atoms with Gasteiger partial charge in [-0.1, -0.05) is 0 Å². The summed E-state index contributed by atoms with van der Waals surface area (Å²) in [7, 11) is 2.55. The Bertz CT molecular complexity index is 675. The number of carbonyl (C=O) groups excluding carboxylic acids is 1. The van der Waals surface area contributed by atoms with Crippen LogP contribution in [-0.2, 0) is 18.8 Å². The maximum absolute atomic E-state index is 12.3. The van der Waals surface area contributed by atoms with Crippen molar-refractivity contribution in [3.05, 3.63) is 22.2 Å². The Hall–Kier alpha value is -1.25. The van der Waals surface area contributed by atoms with Gasteiger partial charge in [0, 0.05) is 5.82 Å². The minimum Gasteiger partial charge on any atom is -0.496 e. The number of methoxy groups -OCH3 is 2. The van der Waals surface area contributed by atoms with E-state index in [4.69, 9.17) is 23.5 Å². The number of rotatable bonds is 7. The van der Waals surface area contributed by atoms with E-state index in [-0.39, 0.29) is 12.4 Å². The van der Waals surface area contributed by atoms with E-state index in [2.05, 4.69) is 15.9 Å². The third kappa shape index (κ3) is 4.61. The van der Waals surface area contributed by atoms with Crippen LogP contribution in [0.3, 0.4) is 0 Å². The molecule has 27 heavy (non-hydrogen) atoms. The maximum atomic E-state index is 12.3. The molecule has 1 aliphatic rings. The fourth-order valence-electron chi connectivity index (χ4n) is 2.98. The number of hydrogen-bond acceptors (Lipinski definition) is 6. The van der Waals surface area contributed by atoms with Gasteiger partial charge in [-0.15, -0.1) is 0 Å². The van der Waals surface area contributed by atoms with Crippen molar-refractivity contribution in [1.82, 2.24) is 0 Å². The molecule has 1 saturated heterocycles. The molecule has 0 radical (unpaired) electrons. The lowest BCUT2D eigenvalue weighted by Gasteiger charge is -2.32. The molecule has 0 aliphatic carbocycles. The average molecular weight is 443 g/mol. The highest BCUT2D eigenvalue weighted by molar-refractivity contribution is 9.10. The van der Waals surface area contributed by atoms with Crippen LogP contribution in [0, 0.1) is 0 Å². The topological polar surface area (TPSA) is 63.2 Å². The Balaban J connectivity index is 2.49. The van der Waals surface area contributed by atoms with E-state index < -0.39 is 24.1 Å². The normalized spacial score (nSPS) is 18.9. The molecule has 150 valence electrons. The van der Waals surface area contributed by atoms with Crippen LogP contribution in [0.5, 0.6) is 11.5 Å². The summed E-state index contributed by atoms with van der Waals surface area (Å²) in [6, 6.07) is 3.66. The van der Waals surface area contributed by atoms with Crippen LogP contribution in [0.1, 0.15) is 52.4 Å². The standard InChI is InChI=1S/C19H28BBrO6/c1-8-25-17(22)10-13(20-26-18(2,3)19(4,5)27-20)12-9-16(24-7)14(21)11-15(12)23-6/h9,11,13H,8,10H2,1-7H3. The highest BCUT2D eigenvalue weighted by atomic mass is 79.9. The highest BCUT2D eigenvalue weighted by Crippen LogP contribution is 2.45. The van der Waals surface area contributed by atoms with E-state index >= 15 is 0 Å². The van der Waals surface area contributed by atoms with Crippen molar-refractivity contribution in [3.8, 4) is 11.5 Å². The van der Waals surface area contributed by atoms with Gasteiger partial charge >= 0.3 is 13.1 Å². The van der Waals surface area contributed by atoms with Crippen molar-refractivity contribution in [2.24, 2.45) is 0 Å². The lowest BCUT2D eigenvalue weighted by molar-refractivity contribution is -0.143. The number of halogens is 1. The fourth-order valence-corrected chi connectivity index (χ4v) is 3.46. The van der Waals surface area contributed by atoms with E-state index in [9.17, 15) is 4.79 Å². The molecular weight excluding hydrogens is 415 g/mol. The van der Waals surface area contributed by atoms with Gasteiger partial charge in [0.25, 0.3) is 0 Å². The first-order valence-electron chi connectivity index (χ1n) is 8.99. The lowest BCUT2D eigenvalue weighted by Crippen LogP contribution is -2.41. The van der Waals surface area contributed by atoms with E-state index in [1.807, 2.05) is 39.8 Å². The van der Waals surface area contributed by atoms with Gasteiger partial charge in [0.05, 0.1) is 42.9 Å². The summed E-state index contributed by atoms with van der Waals surface area (Å²) in [4.78, 5) is 12.3. The monoisotopic (exact) mass is 442 g/mol. The number of esters is 1. The highest BCUT2D eigenvalue weighted by Gasteiger charge is 2.54. The molecule has 0 bridgehead atoms. The summed E-state index contributed by atoms with van der Waals surface area (Å²) in [6.45, 7) is 10.0. The summed E-state index contributed by atoms with van der Waals surface area (Å²) in [6.07, 6.45) is 0.103. The van der Waals surface area contributed by atoms with Gasteiger partial charge in [-0.25, -0.2) is 0 Å². The van der Waals surface area contributed by atoms with Crippen molar-refractivity contribution in [1.29, 1.82) is 0 Å². The van der Waals surface area contributed by atoms with Crippen molar-refractivity contribution in [2.45, 2.75) is 58.1 Å². The number of benzene rings is 1. The van der Waals surface area contributed by atoms with Crippen LogP contribution in [0.2, 0.25) is 0 Å². The van der Waals surface area contributed by atoms with Crippen molar-refractivity contribution in [2.75, 3.05) is 20.8 Å². The van der Waals surface area contributed by atoms with Gasteiger partial charge < -0.3 is 23.5 Å². The largest absolute Gasteiger partial charge is 0.496 e. The minimum atomic E-state index is -0.626. The van der Waals surface area contributed by atoms with Gasteiger partial charge in [0.15, 0.2) is 0 Å². The van der Waals surface area contributed by atoms with Gasteiger partial charge in [0.2, 0.25) is 0 Å². The minimum absolute atomic E-state index is 0.103. The smallest absolute Gasteiger partial charge is 0.466 e.